The molecular weight excluding hydrogens is 373 g/mol. The van der Waals surface area contributed by atoms with E-state index in [0.29, 0.717) is 0 Å². The van der Waals surface area contributed by atoms with E-state index in [0.717, 1.165) is 25.6 Å². The van der Waals surface area contributed by atoms with Crippen LogP contribution < -0.4 is 10.6 Å². The fraction of sp³-hybridized carbons (Fsp3) is 0.471. The molecule has 1 aromatic carbocycles. The molecule has 0 atom stereocenters. The summed E-state index contributed by atoms with van der Waals surface area (Å²) in [7, 11) is 0. The maximum atomic E-state index is 4.69. The number of guanidine groups is 1. The second kappa shape index (κ2) is 9.82. The average Bonchev–Trinajstić information content (AvgIpc) is 2.42. The van der Waals surface area contributed by atoms with E-state index in [1.165, 1.54) is 11.1 Å². The van der Waals surface area contributed by atoms with Gasteiger partial charge < -0.3 is 10.6 Å². The van der Waals surface area contributed by atoms with Gasteiger partial charge in [-0.25, -0.2) is 0 Å². The van der Waals surface area contributed by atoms with Gasteiger partial charge in [0.1, 0.15) is 0 Å². The van der Waals surface area contributed by atoms with Crippen molar-refractivity contribution in [1.82, 2.24) is 10.6 Å². The van der Waals surface area contributed by atoms with E-state index in [9.17, 15) is 0 Å². The summed E-state index contributed by atoms with van der Waals surface area (Å²) in [5.41, 5.74) is 2.68. The van der Waals surface area contributed by atoms with Gasteiger partial charge in [-0.05, 0) is 25.0 Å². The van der Waals surface area contributed by atoms with E-state index in [1.54, 1.807) is 0 Å². The normalized spacial score (nSPS) is 11.5. The molecule has 1 aromatic rings. The van der Waals surface area contributed by atoms with E-state index in [-0.39, 0.29) is 29.4 Å². The number of aliphatic imine (C=N–C) groups is 1. The highest BCUT2D eigenvalue weighted by atomic mass is 127. The molecule has 118 valence electrons. The Bertz CT molecular complexity index is 467. The van der Waals surface area contributed by atoms with Crippen LogP contribution in [0.2, 0.25) is 0 Å². The number of hydrogen-bond acceptors (Lipinski definition) is 1. The second-order valence-electron chi connectivity index (χ2n) is 5.56. The molecule has 0 aliphatic rings. The molecule has 2 N–H and O–H groups in total. The van der Waals surface area contributed by atoms with E-state index < -0.39 is 0 Å². The molecule has 0 spiro atoms. The molecule has 0 heterocycles. The molecule has 0 fully saturated rings. The summed E-state index contributed by atoms with van der Waals surface area (Å²) >= 11 is 0. The van der Waals surface area contributed by atoms with Crippen LogP contribution >= 0.6 is 24.0 Å². The minimum Gasteiger partial charge on any atom is -0.357 e. The van der Waals surface area contributed by atoms with Gasteiger partial charge in [0.25, 0.3) is 0 Å². The first-order valence-electron chi connectivity index (χ1n) is 7.20. The minimum atomic E-state index is 0. The number of hydrogen-bond donors (Lipinski definition) is 2. The van der Waals surface area contributed by atoms with Crippen molar-refractivity contribution >= 4 is 29.9 Å². The average molecular weight is 401 g/mol. The number of nitrogens with zero attached hydrogens (tertiary/aromatic N) is 1. The van der Waals surface area contributed by atoms with E-state index >= 15 is 0 Å². The third-order valence-corrected chi connectivity index (χ3v) is 3.26. The van der Waals surface area contributed by atoms with Crippen molar-refractivity contribution < 1.29 is 0 Å². The summed E-state index contributed by atoms with van der Waals surface area (Å²) in [6.07, 6.45) is 1.83. The Morgan fingerprint density at radius 2 is 1.95 bits per heavy atom. The molecular formula is C17H28IN3. The lowest BCUT2D eigenvalue weighted by molar-refractivity contribution is 0.534. The first-order chi connectivity index (χ1) is 9.51. The largest absolute Gasteiger partial charge is 0.357 e. The molecule has 3 nitrogen and oxygen atoms in total. The number of benzene rings is 1. The van der Waals surface area contributed by atoms with E-state index in [1.807, 2.05) is 6.08 Å². The van der Waals surface area contributed by atoms with Gasteiger partial charge in [0.05, 0.1) is 6.54 Å². The van der Waals surface area contributed by atoms with Crippen LogP contribution in [0, 0.1) is 6.92 Å². The van der Waals surface area contributed by atoms with Crippen LogP contribution in [-0.4, -0.2) is 25.6 Å². The molecule has 0 radical (unpaired) electrons. The molecule has 4 heteroatoms. The zero-order valence-electron chi connectivity index (χ0n) is 13.6. The van der Waals surface area contributed by atoms with Gasteiger partial charge in [-0.2, -0.15) is 0 Å². The number of nitrogens with one attached hydrogen (secondary N) is 2. The van der Waals surface area contributed by atoms with Gasteiger partial charge in [0, 0.05) is 18.5 Å². The van der Waals surface area contributed by atoms with Crippen molar-refractivity contribution in [3.05, 3.63) is 48.0 Å². The molecule has 0 aromatic heterocycles. The van der Waals surface area contributed by atoms with Gasteiger partial charge in [-0.15, -0.1) is 30.6 Å². The van der Waals surface area contributed by atoms with Gasteiger partial charge in [0.2, 0.25) is 0 Å². The molecule has 0 saturated carbocycles. The third kappa shape index (κ3) is 6.50. The fourth-order valence-corrected chi connectivity index (χ4v) is 2.20. The molecule has 0 aliphatic carbocycles. The lowest BCUT2D eigenvalue weighted by Gasteiger charge is -2.25. The highest BCUT2D eigenvalue weighted by Gasteiger charge is 2.21. The Balaban J connectivity index is 0.00000400. The number of aryl methyl sites for hydroxylation is 1. The number of halogens is 1. The summed E-state index contributed by atoms with van der Waals surface area (Å²) in [6, 6.07) is 8.51. The minimum absolute atomic E-state index is 0. The summed E-state index contributed by atoms with van der Waals surface area (Å²) in [5.74, 6) is 0.842. The molecule has 0 unspecified atom stereocenters. The van der Waals surface area contributed by atoms with Crippen LogP contribution in [0.5, 0.6) is 0 Å². The molecule has 21 heavy (non-hydrogen) atoms. The molecule has 0 amide bonds. The first-order valence-corrected chi connectivity index (χ1v) is 7.20. The van der Waals surface area contributed by atoms with Crippen LogP contribution in [0.3, 0.4) is 0 Å². The Labute approximate surface area is 146 Å². The maximum Gasteiger partial charge on any atom is 0.191 e. The van der Waals surface area contributed by atoms with E-state index in [4.69, 9.17) is 0 Å². The Kier molecular flexibility index (Phi) is 9.33. The first kappa shape index (κ1) is 20.0. The Morgan fingerprint density at radius 3 is 2.52 bits per heavy atom. The van der Waals surface area contributed by atoms with Crippen LogP contribution in [-0.2, 0) is 5.41 Å². The lowest BCUT2D eigenvalue weighted by Crippen LogP contribution is -2.38. The van der Waals surface area contributed by atoms with Crippen LogP contribution in [0.25, 0.3) is 0 Å². The Hall–Kier alpha value is -1.04. The maximum absolute atomic E-state index is 4.69. The van der Waals surface area contributed by atoms with Crippen molar-refractivity contribution in [3.8, 4) is 0 Å². The van der Waals surface area contributed by atoms with Gasteiger partial charge in [-0.1, -0.05) is 44.2 Å². The third-order valence-electron chi connectivity index (χ3n) is 3.26. The monoisotopic (exact) mass is 401 g/mol. The van der Waals surface area contributed by atoms with E-state index in [2.05, 4.69) is 74.2 Å². The standard InChI is InChI=1S/C17H27N3.HI/c1-6-12-19-16(18-7-2)20-13-17(4,5)15-11-9-8-10-14(15)3;/h6,8-11H,1,7,12-13H2,2-5H3,(H2,18,19,20);1H. The molecule has 0 saturated heterocycles. The van der Waals surface area contributed by atoms with Crippen LogP contribution in [0.15, 0.2) is 41.9 Å². The highest BCUT2D eigenvalue weighted by Crippen LogP contribution is 2.26. The van der Waals surface area contributed by atoms with Crippen LogP contribution in [0.1, 0.15) is 31.9 Å². The van der Waals surface area contributed by atoms with Crippen LogP contribution in [0.4, 0.5) is 0 Å². The predicted molar refractivity (Wildman–Crippen MR) is 104 cm³/mol. The summed E-state index contributed by atoms with van der Waals surface area (Å²) in [6.45, 7) is 14.7. The summed E-state index contributed by atoms with van der Waals surface area (Å²) < 4.78 is 0. The number of rotatable bonds is 6. The Morgan fingerprint density at radius 1 is 1.29 bits per heavy atom. The highest BCUT2D eigenvalue weighted by molar-refractivity contribution is 14.0. The van der Waals surface area contributed by atoms with Gasteiger partial charge in [0.15, 0.2) is 5.96 Å². The molecule has 0 aliphatic heterocycles. The lowest BCUT2D eigenvalue weighted by atomic mass is 9.82. The second-order valence-corrected chi connectivity index (χ2v) is 5.56. The van der Waals surface area contributed by atoms with Gasteiger partial charge in [-0.3, -0.25) is 4.99 Å². The predicted octanol–water partition coefficient (Wildman–Crippen LogP) is 3.63. The molecule has 0 bridgehead atoms. The summed E-state index contributed by atoms with van der Waals surface area (Å²) in [5, 5.41) is 6.48. The topological polar surface area (TPSA) is 36.4 Å². The zero-order valence-corrected chi connectivity index (χ0v) is 15.9. The fourth-order valence-electron chi connectivity index (χ4n) is 2.20. The van der Waals surface area contributed by atoms with Crippen molar-refractivity contribution in [3.63, 3.8) is 0 Å². The molecule has 1 rings (SSSR count). The summed E-state index contributed by atoms with van der Waals surface area (Å²) in [4.78, 5) is 4.69. The quantitative estimate of drug-likeness (QED) is 0.331. The SMILES string of the molecule is C=CCNC(=NCC(C)(C)c1ccccc1C)NCC.I. The smallest absolute Gasteiger partial charge is 0.191 e. The zero-order chi connectivity index (χ0) is 15.0. The van der Waals surface area contributed by atoms with Crippen molar-refractivity contribution in [2.45, 2.75) is 33.1 Å². The van der Waals surface area contributed by atoms with Crippen molar-refractivity contribution in [1.29, 1.82) is 0 Å². The van der Waals surface area contributed by atoms with Crippen molar-refractivity contribution in [2.24, 2.45) is 4.99 Å². The van der Waals surface area contributed by atoms with Gasteiger partial charge >= 0.3 is 0 Å². The van der Waals surface area contributed by atoms with Crippen molar-refractivity contribution in [2.75, 3.05) is 19.6 Å².